The molecule has 1 aliphatic rings. The van der Waals surface area contributed by atoms with E-state index in [0.29, 0.717) is 6.42 Å². The van der Waals surface area contributed by atoms with Gasteiger partial charge >= 0.3 is 0 Å². The Labute approximate surface area is 186 Å². The molecule has 1 N–H and O–H groups in total. The van der Waals surface area contributed by atoms with E-state index in [9.17, 15) is 4.79 Å². The number of nitrogens with one attached hydrogen (secondary N) is 1. The molecular formula is C26H21N5O. The molecule has 2 aromatic carbocycles. The fourth-order valence-electron chi connectivity index (χ4n) is 4.18. The Hall–Kier alpha value is -4.32. The van der Waals surface area contributed by atoms with Gasteiger partial charge in [-0.3, -0.25) is 4.79 Å². The van der Waals surface area contributed by atoms with Gasteiger partial charge in [-0.2, -0.15) is 0 Å². The van der Waals surface area contributed by atoms with Crippen LogP contribution < -0.4 is 5.32 Å². The van der Waals surface area contributed by atoms with Crippen LogP contribution in [0.3, 0.4) is 0 Å². The van der Waals surface area contributed by atoms with E-state index in [1.807, 2.05) is 54.6 Å². The van der Waals surface area contributed by atoms with E-state index in [1.54, 1.807) is 23.4 Å². The highest BCUT2D eigenvalue weighted by Crippen LogP contribution is 2.42. The minimum atomic E-state index is -0.478. The summed E-state index contributed by atoms with van der Waals surface area (Å²) in [5.74, 6) is 0.738. The van der Waals surface area contributed by atoms with Gasteiger partial charge in [-0.1, -0.05) is 60.7 Å². The predicted octanol–water partition coefficient (Wildman–Crippen LogP) is 4.64. The number of allylic oxidation sites excluding steroid dienone is 2. The van der Waals surface area contributed by atoms with Crippen LogP contribution in [0, 0.1) is 0 Å². The molecule has 0 radical (unpaired) electrons. The zero-order valence-corrected chi connectivity index (χ0v) is 17.3. The average molecular weight is 419 g/mol. The molecule has 0 saturated carbocycles. The monoisotopic (exact) mass is 419 g/mol. The molecule has 0 amide bonds. The summed E-state index contributed by atoms with van der Waals surface area (Å²) in [6, 6.07) is 22.2. The van der Waals surface area contributed by atoms with Crippen molar-refractivity contribution in [3.05, 3.63) is 114 Å². The number of hydrogen-bond acceptors (Lipinski definition) is 5. The van der Waals surface area contributed by atoms with E-state index in [1.165, 1.54) is 6.08 Å². The molecule has 5 rings (SSSR count). The number of aldehydes is 1. The highest BCUT2D eigenvalue weighted by molar-refractivity contribution is 5.76. The number of carbonyl (C=O) groups is 1. The fourth-order valence-corrected chi connectivity index (χ4v) is 4.18. The number of fused-ring (bicyclic) bond motifs is 1. The van der Waals surface area contributed by atoms with Crippen molar-refractivity contribution in [1.29, 1.82) is 0 Å². The van der Waals surface area contributed by atoms with Gasteiger partial charge in [0.1, 0.15) is 12.6 Å². The second kappa shape index (κ2) is 8.43. The Bertz CT molecular complexity index is 1240. The Morgan fingerprint density at radius 2 is 1.78 bits per heavy atom. The van der Waals surface area contributed by atoms with Gasteiger partial charge in [0, 0.05) is 30.1 Å². The highest BCUT2D eigenvalue weighted by Gasteiger charge is 2.38. The van der Waals surface area contributed by atoms with E-state index in [-0.39, 0.29) is 0 Å². The zero-order chi connectivity index (χ0) is 21.8. The lowest BCUT2D eigenvalue weighted by Crippen LogP contribution is -2.32. The van der Waals surface area contributed by atoms with Gasteiger partial charge in [0.2, 0.25) is 0 Å². The summed E-state index contributed by atoms with van der Waals surface area (Å²) in [6.07, 6.45) is 12.2. The van der Waals surface area contributed by atoms with Gasteiger partial charge in [-0.05, 0) is 29.8 Å². The molecule has 2 heterocycles. The summed E-state index contributed by atoms with van der Waals surface area (Å²) in [4.78, 5) is 19.8. The third kappa shape index (κ3) is 3.52. The summed E-state index contributed by atoms with van der Waals surface area (Å²) in [6.45, 7) is 0. The van der Waals surface area contributed by atoms with Crippen LogP contribution in [-0.2, 0) is 16.6 Å². The molecule has 0 spiro atoms. The minimum Gasteiger partial charge on any atom is -0.338 e. The van der Waals surface area contributed by atoms with E-state index in [0.717, 1.165) is 40.3 Å². The molecular weight excluding hydrogens is 398 g/mol. The quantitative estimate of drug-likeness (QED) is 0.364. The molecule has 1 unspecified atom stereocenters. The average Bonchev–Trinajstić information content (AvgIpc) is 3.20. The van der Waals surface area contributed by atoms with Crippen molar-refractivity contribution >= 4 is 30.1 Å². The van der Waals surface area contributed by atoms with Crippen molar-refractivity contribution in [2.75, 3.05) is 5.32 Å². The molecule has 2 aromatic heterocycles. The molecule has 0 fully saturated rings. The second-order valence-corrected chi connectivity index (χ2v) is 7.56. The number of para-hydroxylation sites is 1. The van der Waals surface area contributed by atoms with Crippen molar-refractivity contribution < 1.29 is 4.79 Å². The van der Waals surface area contributed by atoms with Gasteiger partial charge in [0.05, 0.1) is 16.8 Å². The van der Waals surface area contributed by atoms with E-state index < -0.39 is 5.41 Å². The van der Waals surface area contributed by atoms with Gasteiger partial charge in [-0.15, -0.1) is 5.10 Å². The molecule has 0 bridgehead atoms. The normalized spacial score (nSPS) is 17.2. The van der Waals surface area contributed by atoms with Crippen molar-refractivity contribution in [2.45, 2.75) is 11.8 Å². The van der Waals surface area contributed by atoms with E-state index in [4.69, 9.17) is 5.10 Å². The standard InChI is InChI=1S/C26H21N5O/c32-17-7-16-31-23-18-26(20-8-3-1-4-9-20,24-13-15-27-19-28-24)14-12-22(23)25(30-31)29-21-10-5-2-6-11-21/h1-17,19H,18H2,(H,29,30). The molecule has 32 heavy (non-hydrogen) atoms. The Balaban J connectivity index is 1.66. The maximum atomic E-state index is 11.0. The SMILES string of the molecule is O=CC=Cn1nc(Nc2ccccc2)c2c1CC(c1ccccc1)(c1ccncn1)C=C2. The van der Waals surface area contributed by atoms with Crippen LogP contribution in [0.15, 0.2) is 91.4 Å². The summed E-state index contributed by atoms with van der Waals surface area (Å²) in [5, 5.41) is 8.16. The maximum absolute atomic E-state index is 11.0. The van der Waals surface area contributed by atoms with Gasteiger partial charge in [0.15, 0.2) is 5.82 Å². The van der Waals surface area contributed by atoms with Crippen molar-refractivity contribution in [1.82, 2.24) is 19.7 Å². The minimum absolute atomic E-state index is 0.478. The third-order valence-corrected chi connectivity index (χ3v) is 5.70. The maximum Gasteiger partial charge on any atom is 0.160 e. The molecule has 0 aliphatic heterocycles. The Kier molecular flexibility index (Phi) is 5.17. The van der Waals surface area contributed by atoms with Crippen molar-refractivity contribution in [3.63, 3.8) is 0 Å². The zero-order valence-electron chi connectivity index (χ0n) is 17.3. The number of carbonyl (C=O) groups excluding carboxylic acids is 1. The summed E-state index contributed by atoms with van der Waals surface area (Å²) in [7, 11) is 0. The van der Waals surface area contributed by atoms with E-state index >= 15 is 0 Å². The van der Waals surface area contributed by atoms with Crippen LogP contribution in [-0.4, -0.2) is 26.0 Å². The molecule has 1 atom stereocenters. The topological polar surface area (TPSA) is 72.7 Å². The van der Waals surface area contributed by atoms with Crippen LogP contribution in [0.5, 0.6) is 0 Å². The number of benzene rings is 2. The van der Waals surface area contributed by atoms with Crippen molar-refractivity contribution in [3.8, 4) is 0 Å². The predicted molar refractivity (Wildman–Crippen MR) is 125 cm³/mol. The van der Waals surface area contributed by atoms with Crippen LogP contribution in [0.2, 0.25) is 0 Å². The van der Waals surface area contributed by atoms with Crippen LogP contribution >= 0.6 is 0 Å². The van der Waals surface area contributed by atoms with Crippen LogP contribution in [0.1, 0.15) is 22.5 Å². The smallest absolute Gasteiger partial charge is 0.160 e. The highest BCUT2D eigenvalue weighted by atomic mass is 16.1. The molecule has 156 valence electrons. The molecule has 6 nitrogen and oxygen atoms in total. The first-order chi connectivity index (χ1) is 15.8. The number of aromatic nitrogens is 4. The molecule has 4 aromatic rings. The number of rotatable bonds is 6. The van der Waals surface area contributed by atoms with Crippen molar-refractivity contribution in [2.24, 2.45) is 0 Å². The van der Waals surface area contributed by atoms with Crippen LogP contribution in [0.25, 0.3) is 12.3 Å². The number of hydrogen-bond donors (Lipinski definition) is 1. The van der Waals surface area contributed by atoms with E-state index in [2.05, 4.69) is 39.6 Å². The second-order valence-electron chi connectivity index (χ2n) is 7.56. The lowest BCUT2D eigenvalue weighted by Gasteiger charge is -2.33. The summed E-state index contributed by atoms with van der Waals surface area (Å²) in [5.41, 5.74) is 4.49. The number of anilines is 2. The molecule has 0 saturated heterocycles. The van der Waals surface area contributed by atoms with Crippen LogP contribution in [0.4, 0.5) is 11.5 Å². The molecule has 1 aliphatic carbocycles. The lowest BCUT2D eigenvalue weighted by atomic mass is 9.70. The first-order valence-corrected chi connectivity index (χ1v) is 10.4. The largest absolute Gasteiger partial charge is 0.338 e. The first-order valence-electron chi connectivity index (χ1n) is 10.4. The molecule has 6 heteroatoms. The van der Waals surface area contributed by atoms with Gasteiger partial charge < -0.3 is 5.32 Å². The van der Waals surface area contributed by atoms with Gasteiger partial charge in [-0.25, -0.2) is 14.6 Å². The lowest BCUT2D eigenvalue weighted by molar-refractivity contribution is -0.104. The van der Waals surface area contributed by atoms with Gasteiger partial charge in [0.25, 0.3) is 0 Å². The summed E-state index contributed by atoms with van der Waals surface area (Å²) >= 11 is 0. The summed E-state index contributed by atoms with van der Waals surface area (Å²) < 4.78 is 1.78. The number of nitrogens with zero attached hydrogens (tertiary/aromatic N) is 4. The Morgan fingerprint density at radius 1 is 1.00 bits per heavy atom. The fraction of sp³-hybridized carbons (Fsp3) is 0.0769. The third-order valence-electron chi connectivity index (χ3n) is 5.70. The first kappa shape index (κ1) is 19.6. The Morgan fingerprint density at radius 3 is 2.50 bits per heavy atom.